The number of Topliss-reactive ketones (excluding diaryl/α,β-unsaturated/α-hetero) is 1. The number of nitro benzene ring substituents is 1. The van der Waals surface area contributed by atoms with Crippen molar-refractivity contribution in [2.45, 2.75) is 13.3 Å². The topological polar surface area (TPSA) is 107 Å². The summed E-state index contributed by atoms with van der Waals surface area (Å²) in [6.07, 6.45) is -0.0174. The van der Waals surface area contributed by atoms with Crippen LogP contribution >= 0.6 is 11.6 Å². The van der Waals surface area contributed by atoms with Crippen LogP contribution < -0.4 is 4.90 Å². The first kappa shape index (κ1) is 20.5. The standard InChI is InChI=1S/C20H17ClN2O6/c1-12-16(21)3-2-4-17(12)22-10-14(9-19(22)25)20(26)29-11-18(24)13-5-7-15(8-6-13)23(27)28/h2-8,14H,9-11H2,1H3/t14-/m0/s1. The van der Waals surface area contributed by atoms with E-state index in [0.717, 1.165) is 5.56 Å². The number of nitrogens with zero attached hydrogens (tertiary/aromatic N) is 2. The maximum Gasteiger partial charge on any atom is 0.311 e. The summed E-state index contributed by atoms with van der Waals surface area (Å²) in [4.78, 5) is 48.4. The van der Waals surface area contributed by atoms with Crippen molar-refractivity contribution in [3.63, 3.8) is 0 Å². The number of non-ortho nitro benzene ring substituents is 1. The second-order valence-corrected chi connectivity index (χ2v) is 7.03. The molecule has 0 saturated carbocycles. The molecule has 1 atom stereocenters. The summed E-state index contributed by atoms with van der Waals surface area (Å²) < 4.78 is 5.08. The van der Waals surface area contributed by atoms with E-state index in [2.05, 4.69) is 0 Å². The van der Waals surface area contributed by atoms with Crippen LogP contribution in [0.25, 0.3) is 0 Å². The number of hydrogen-bond donors (Lipinski definition) is 0. The zero-order valence-corrected chi connectivity index (χ0v) is 16.2. The zero-order chi connectivity index (χ0) is 21.1. The molecule has 2 aromatic rings. The highest BCUT2D eigenvalue weighted by Gasteiger charge is 2.37. The molecule has 0 radical (unpaired) electrons. The Morgan fingerprint density at radius 3 is 2.59 bits per heavy atom. The first-order valence-corrected chi connectivity index (χ1v) is 9.15. The van der Waals surface area contributed by atoms with Gasteiger partial charge in [0, 0.05) is 41.4 Å². The molecule has 29 heavy (non-hydrogen) atoms. The van der Waals surface area contributed by atoms with Gasteiger partial charge in [-0.3, -0.25) is 24.5 Å². The largest absolute Gasteiger partial charge is 0.457 e. The number of amides is 1. The highest BCUT2D eigenvalue weighted by Crippen LogP contribution is 2.31. The number of esters is 1. The molecule has 1 amide bonds. The van der Waals surface area contributed by atoms with Crippen molar-refractivity contribution in [3.05, 3.63) is 68.7 Å². The van der Waals surface area contributed by atoms with Crippen molar-refractivity contribution in [2.24, 2.45) is 5.92 Å². The number of carbonyl (C=O) groups is 3. The lowest BCUT2D eigenvalue weighted by molar-refractivity contribution is -0.384. The van der Waals surface area contributed by atoms with Gasteiger partial charge in [-0.2, -0.15) is 0 Å². The Kier molecular flexibility index (Phi) is 5.93. The number of ketones is 1. The molecule has 2 aromatic carbocycles. The van der Waals surface area contributed by atoms with Gasteiger partial charge in [-0.15, -0.1) is 0 Å². The number of ether oxygens (including phenoxy) is 1. The van der Waals surface area contributed by atoms with Gasteiger partial charge < -0.3 is 9.64 Å². The predicted octanol–water partition coefficient (Wildman–Crippen LogP) is 3.34. The highest BCUT2D eigenvalue weighted by molar-refractivity contribution is 6.31. The van der Waals surface area contributed by atoms with Crippen molar-refractivity contribution in [1.82, 2.24) is 0 Å². The first-order valence-electron chi connectivity index (χ1n) is 8.77. The minimum Gasteiger partial charge on any atom is -0.457 e. The average molecular weight is 417 g/mol. The molecule has 3 rings (SSSR count). The molecule has 9 heteroatoms. The van der Waals surface area contributed by atoms with Gasteiger partial charge >= 0.3 is 5.97 Å². The Balaban J connectivity index is 1.60. The number of hydrogen-bond acceptors (Lipinski definition) is 6. The van der Waals surface area contributed by atoms with Crippen LogP contribution in [0.3, 0.4) is 0 Å². The fourth-order valence-electron chi connectivity index (χ4n) is 3.09. The smallest absolute Gasteiger partial charge is 0.311 e. The third-order valence-electron chi connectivity index (χ3n) is 4.73. The number of benzene rings is 2. The van der Waals surface area contributed by atoms with Gasteiger partial charge in [0.1, 0.15) is 0 Å². The van der Waals surface area contributed by atoms with E-state index in [0.29, 0.717) is 10.7 Å². The van der Waals surface area contributed by atoms with Crippen LogP contribution in [0.1, 0.15) is 22.3 Å². The Labute approximate surface area is 171 Å². The quantitative estimate of drug-likeness (QED) is 0.309. The monoisotopic (exact) mass is 416 g/mol. The van der Waals surface area contributed by atoms with Gasteiger partial charge in [-0.25, -0.2) is 0 Å². The molecule has 150 valence electrons. The summed E-state index contributed by atoms with van der Waals surface area (Å²) in [5, 5.41) is 11.2. The second kappa shape index (κ2) is 8.40. The first-order chi connectivity index (χ1) is 13.8. The van der Waals surface area contributed by atoms with Crippen molar-refractivity contribution >= 4 is 40.6 Å². The van der Waals surface area contributed by atoms with Crippen LogP contribution in [-0.2, 0) is 14.3 Å². The maximum atomic E-state index is 12.4. The summed E-state index contributed by atoms with van der Waals surface area (Å²) in [7, 11) is 0. The van der Waals surface area contributed by atoms with Crippen molar-refractivity contribution in [3.8, 4) is 0 Å². The van der Waals surface area contributed by atoms with E-state index in [1.54, 1.807) is 25.1 Å². The molecule has 0 spiro atoms. The number of halogens is 1. The number of carbonyl (C=O) groups excluding carboxylic acids is 3. The van der Waals surface area contributed by atoms with Crippen LogP contribution in [0.5, 0.6) is 0 Å². The van der Waals surface area contributed by atoms with Crippen LogP contribution in [0.4, 0.5) is 11.4 Å². The van der Waals surface area contributed by atoms with E-state index in [1.807, 2.05) is 0 Å². The lowest BCUT2D eigenvalue weighted by Crippen LogP contribution is -2.27. The van der Waals surface area contributed by atoms with E-state index >= 15 is 0 Å². The molecule has 1 aliphatic rings. The van der Waals surface area contributed by atoms with Gasteiger partial charge in [-0.05, 0) is 36.8 Å². The molecule has 0 unspecified atom stereocenters. The minimum absolute atomic E-state index is 0.0174. The van der Waals surface area contributed by atoms with Gasteiger partial charge in [-0.1, -0.05) is 17.7 Å². The number of anilines is 1. The third-order valence-corrected chi connectivity index (χ3v) is 5.14. The van der Waals surface area contributed by atoms with Gasteiger partial charge in [0.05, 0.1) is 10.8 Å². The lowest BCUT2D eigenvalue weighted by Gasteiger charge is -2.19. The number of rotatable bonds is 6. The van der Waals surface area contributed by atoms with E-state index in [-0.39, 0.29) is 30.1 Å². The molecule has 8 nitrogen and oxygen atoms in total. The molecule has 0 aromatic heterocycles. The van der Waals surface area contributed by atoms with Gasteiger partial charge in [0.2, 0.25) is 5.91 Å². The SMILES string of the molecule is Cc1c(Cl)cccc1N1C[C@@H](C(=O)OCC(=O)c2ccc([N+](=O)[O-])cc2)CC1=O. The van der Waals surface area contributed by atoms with Crippen LogP contribution in [-0.4, -0.2) is 35.7 Å². The minimum atomic E-state index is -0.689. The zero-order valence-electron chi connectivity index (χ0n) is 15.5. The Morgan fingerprint density at radius 2 is 1.93 bits per heavy atom. The number of nitro groups is 1. The molecule has 0 aliphatic carbocycles. The van der Waals surface area contributed by atoms with E-state index in [1.165, 1.54) is 29.2 Å². The van der Waals surface area contributed by atoms with Crippen molar-refractivity contribution in [1.29, 1.82) is 0 Å². The molecular formula is C20H17ClN2O6. The fraction of sp³-hybridized carbons (Fsp3) is 0.250. The Morgan fingerprint density at radius 1 is 1.24 bits per heavy atom. The third kappa shape index (κ3) is 4.43. The van der Waals surface area contributed by atoms with E-state index in [9.17, 15) is 24.5 Å². The normalized spacial score (nSPS) is 16.0. The van der Waals surface area contributed by atoms with Gasteiger partial charge in [0.25, 0.3) is 5.69 Å². The predicted molar refractivity (Wildman–Crippen MR) is 105 cm³/mol. The van der Waals surface area contributed by atoms with Gasteiger partial charge in [0.15, 0.2) is 12.4 Å². The molecule has 1 saturated heterocycles. The summed E-state index contributed by atoms with van der Waals surface area (Å²) in [6, 6.07) is 10.2. The Hall–Kier alpha value is -3.26. The van der Waals surface area contributed by atoms with E-state index in [4.69, 9.17) is 16.3 Å². The lowest BCUT2D eigenvalue weighted by atomic mass is 10.1. The second-order valence-electron chi connectivity index (χ2n) is 6.62. The molecular weight excluding hydrogens is 400 g/mol. The average Bonchev–Trinajstić information content (AvgIpc) is 3.09. The molecule has 0 N–H and O–H groups in total. The van der Waals surface area contributed by atoms with Crippen molar-refractivity contribution < 1.29 is 24.0 Å². The molecule has 1 fully saturated rings. The van der Waals surface area contributed by atoms with Crippen LogP contribution in [0, 0.1) is 23.0 Å². The fourth-order valence-corrected chi connectivity index (χ4v) is 3.26. The summed E-state index contributed by atoms with van der Waals surface area (Å²) in [5.74, 6) is -2.04. The molecule has 1 heterocycles. The molecule has 1 aliphatic heterocycles. The Bertz CT molecular complexity index is 989. The maximum absolute atomic E-state index is 12.4. The summed E-state index contributed by atoms with van der Waals surface area (Å²) in [5.41, 5.74) is 1.44. The van der Waals surface area contributed by atoms with Crippen LogP contribution in [0.2, 0.25) is 5.02 Å². The molecule has 0 bridgehead atoms. The highest BCUT2D eigenvalue weighted by atomic mass is 35.5. The van der Waals surface area contributed by atoms with E-state index < -0.39 is 29.2 Å². The summed E-state index contributed by atoms with van der Waals surface area (Å²) >= 11 is 6.10. The van der Waals surface area contributed by atoms with Crippen LogP contribution in [0.15, 0.2) is 42.5 Å². The summed E-state index contributed by atoms with van der Waals surface area (Å²) in [6.45, 7) is 1.43. The van der Waals surface area contributed by atoms with Crippen molar-refractivity contribution in [2.75, 3.05) is 18.1 Å².